The van der Waals surface area contributed by atoms with E-state index in [1.54, 1.807) is 4.90 Å². The van der Waals surface area contributed by atoms with Gasteiger partial charge < -0.3 is 20.1 Å². The van der Waals surface area contributed by atoms with Gasteiger partial charge in [0.2, 0.25) is 0 Å². The van der Waals surface area contributed by atoms with Gasteiger partial charge in [-0.3, -0.25) is 0 Å². The van der Waals surface area contributed by atoms with E-state index in [4.69, 9.17) is 4.74 Å². The smallest absolute Gasteiger partial charge is 0.317 e. The number of likely N-dealkylation sites (tertiary alicyclic amines) is 1. The molecule has 1 atom stereocenters. The van der Waals surface area contributed by atoms with Crippen molar-refractivity contribution < 1.29 is 14.6 Å². The van der Waals surface area contributed by atoms with Gasteiger partial charge in [0.25, 0.3) is 0 Å². The third kappa shape index (κ3) is 2.82. The third-order valence-electron chi connectivity index (χ3n) is 3.01. The van der Waals surface area contributed by atoms with E-state index in [9.17, 15) is 9.90 Å². The first kappa shape index (κ1) is 10.7. The molecular formula is C10H18N2O3. The number of nitrogens with zero attached hydrogens (tertiary/aromatic N) is 1. The Balaban J connectivity index is 1.75. The average molecular weight is 214 g/mol. The molecule has 0 aromatic rings. The number of nitrogens with one attached hydrogen (secondary N) is 1. The summed E-state index contributed by atoms with van der Waals surface area (Å²) in [6, 6.07) is 0.154. The number of hydrogen-bond acceptors (Lipinski definition) is 3. The van der Waals surface area contributed by atoms with E-state index in [1.165, 1.54) is 0 Å². The van der Waals surface area contributed by atoms with Gasteiger partial charge in [-0.2, -0.15) is 0 Å². The van der Waals surface area contributed by atoms with Gasteiger partial charge in [-0.25, -0.2) is 4.79 Å². The Hall–Kier alpha value is -0.810. The maximum absolute atomic E-state index is 11.7. The van der Waals surface area contributed by atoms with Crippen LogP contribution in [0.25, 0.3) is 0 Å². The summed E-state index contributed by atoms with van der Waals surface area (Å²) in [5.41, 5.74) is 0. The van der Waals surface area contributed by atoms with Crippen molar-refractivity contribution in [2.24, 2.45) is 0 Å². The summed E-state index contributed by atoms with van der Waals surface area (Å²) in [6.07, 6.45) is 2.05. The Bertz CT molecular complexity index is 221. The van der Waals surface area contributed by atoms with Crippen molar-refractivity contribution in [3.63, 3.8) is 0 Å². The van der Waals surface area contributed by atoms with E-state index >= 15 is 0 Å². The summed E-state index contributed by atoms with van der Waals surface area (Å²) in [7, 11) is 0. The summed E-state index contributed by atoms with van der Waals surface area (Å²) in [5.74, 6) is 0. The first-order valence-corrected chi connectivity index (χ1v) is 5.57. The fourth-order valence-electron chi connectivity index (χ4n) is 1.98. The van der Waals surface area contributed by atoms with Crippen molar-refractivity contribution in [3.8, 4) is 0 Å². The van der Waals surface area contributed by atoms with Gasteiger partial charge in [0.15, 0.2) is 0 Å². The van der Waals surface area contributed by atoms with Crippen molar-refractivity contribution in [1.29, 1.82) is 0 Å². The summed E-state index contributed by atoms with van der Waals surface area (Å²) >= 11 is 0. The van der Waals surface area contributed by atoms with Gasteiger partial charge in [0, 0.05) is 19.7 Å². The highest BCUT2D eigenvalue weighted by molar-refractivity contribution is 5.74. The molecule has 2 N–H and O–H groups in total. The minimum atomic E-state index is -0.233. The summed E-state index contributed by atoms with van der Waals surface area (Å²) in [4.78, 5) is 13.5. The monoisotopic (exact) mass is 214 g/mol. The van der Waals surface area contributed by atoms with E-state index < -0.39 is 0 Å². The summed E-state index contributed by atoms with van der Waals surface area (Å²) in [6.45, 7) is 2.67. The molecule has 0 aliphatic carbocycles. The topological polar surface area (TPSA) is 61.8 Å². The fraction of sp³-hybridized carbons (Fsp3) is 0.900. The molecule has 2 rings (SSSR count). The van der Waals surface area contributed by atoms with E-state index in [-0.39, 0.29) is 18.2 Å². The summed E-state index contributed by atoms with van der Waals surface area (Å²) in [5, 5.41) is 12.3. The Morgan fingerprint density at radius 2 is 2.07 bits per heavy atom. The molecule has 1 unspecified atom stereocenters. The molecule has 0 spiro atoms. The van der Waals surface area contributed by atoms with Gasteiger partial charge in [0.1, 0.15) is 0 Å². The number of amides is 2. The highest BCUT2D eigenvalue weighted by Crippen LogP contribution is 2.11. The molecule has 0 saturated carbocycles. The van der Waals surface area contributed by atoms with Crippen LogP contribution in [0.15, 0.2) is 0 Å². The molecule has 86 valence electrons. The fourth-order valence-corrected chi connectivity index (χ4v) is 1.98. The molecule has 2 aliphatic rings. The predicted molar refractivity (Wildman–Crippen MR) is 54.6 cm³/mol. The van der Waals surface area contributed by atoms with Gasteiger partial charge in [0.05, 0.1) is 18.8 Å². The zero-order valence-corrected chi connectivity index (χ0v) is 8.82. The number of aliphatic hydroxyl groups excluding tert-OH is 1. The zero-order chi connectivity index (χ0) is 10.7. The molecule has 0 radical (unpaired) electrons. The van der Waals surface area contributed by atoms with Crippen LogP contribution < -0.4 is 5.32 Å². The molecule has 5 nitrogen and oxygen atoms in total. The standard InChI is InChI=1S/C10H18N2O3/c13-9-1-4-12(5-2-9)10(14)11-8-3-6-15-7-8/h8-9,13H,1-7H2,(H,11,14). The Morgan fingerprint density at radius 1 is 1.33 bits per heavy atom. The molecule has 2 heterocycles. The number of ether oxygens (including phenoxy) is 1. The quantitative estimate of drug-likeness (QED) is 0.643. The molecule has 2 fully saturated rings. The Kier molecular flexibility index (Phi) is 3.43. The lowest BCUT2D eigenvalue weighted by atomic mass is 10.1. The molecular weight excluding hydrogens is 196 g/mol. The van der Waals surface area contributed by atoms with Crippen LogP contribution >= 0.6 is 0 Å². The normalized spacial score (nSPS) is 28.1. The number of hydrogen-bond donors (Lipinski definition) is 2. The van der Waals surface area contributed by atoms with Crippen LogP contribution in [0, 0.1) is 0 Å². The maximum atomic E-state index is 11.7. The van der Waals surface area contributed by atoms with Gasteiger partial charge in [-0.05, 0) is 19.3 Å². The van der Waals surface area contributed by atoms with Crippen LogP contribution in [0.4, 0.5) is 4.79 Å². The maximum Gasteiger partial charge on any atom is 0.317 e. The number of piperidine rings is 1. The second-order valence-electron chi connectivity index (χ2n) is 4.23. The van der Waals surface area contributed by atoms with E-state index in [0.717, 1.165) is 13.0 Å². The largest absolute Gasteiger partial charge is 0.393 e. The number of rotatable bonds is 1. The van der Waals surface area contributed by atoms with Crippen LogP contribution in [-0.2, 0) is 4.74 Å². The zero-order valence-electron chi connectivity index (χ0n) is 8.82. The van der Waals surface area contributed by atoms with Crippen LogP contribution in [0.2, 0.25) is 0 Å². The Labute approximate surface area is 89.4 Å². The van der Waals surface area contributed by atoms with Gasteiger partial charge in [-0.1, -0.05) is 0 Å². The van der Waals surface area contributed by atoms with Crippen molar-refractivity contribution in [3.05, 3.63) is 0 Å². The van der Waals surface area contributed by atoms with Crippen molar-refractivity contribution in [1.82, 2.24) is 10.2 Å². The van der Waals surface area contributed by atoms with E-state index in [1.807, 2.05) is 0 Å². The molecule has 2 amide bonds. The number of carbonyl (C=O) groups is 1. The lowest BCUT2D eigenvalue weighted by Gasteiger charge is -2.30. The van der Waals surface area contributed by atoms with Crippen molar-refractivity contribution in [2.45, 2.75) is 31.4 Å². The molecule has 5 heteroatoms. The minimum absolute atomic E-state index is 0.0163. The Morgan fingerprint density at radius 3 is 2.67 bits per heavy atom. The summed E-state index contributed by atoms with van der Waals surface area (Å²) < 4.78 is 5.19. The molecule has 2 saturated heterocycles. The van der Waals surface area contributed by atoms with E-state index in [2.05, 4.69) is 5.32 Å². The number of urea groups is 1. The number of aliphatic hydroxyl groups is 1. The van der Waals surface area contributed by atoms with Crippen LogP contribution in [0.1, 0.15) is 19.3 Å². The second kappa shape index (κ2) is 4.81. The second-order valence-corrected chi connectivity index (χ2v) is 4.23. The molecule has 15 heavy (non-hydrogen) atoms. The van der Waals surface area contributed by atoms with Crippen molar-refractivity contribution in [2.75, 3.05) is 26.3 Å². The average Bonchev–Trinajstić information content (AvgIpc) is 2.71. The first-order valence-electron chi connectivity index (χ1n) is 5.57. The SMILES string of the molecule is O=C(NC1CCOC1)N1CCC(O)CC1. The van der Waals surface area contributed by atoms with Crippen LogP contribution in [0.3, 0.4) is 0 Å². The lowest BCUT2D eigenvalue weighted by Crippen LogP contribution is -2.48. The molecule has 0 aromatic heterocycles. The van der Waals surface area contributed by atoms with Crippen LogP contribution in [0.5, 0.6) is 0 Å². The van der Waals surface area contributed by atoms with E-state index in [0.29, 0.717) is 32.5 Å². The lowest BCUT2D eigenvalue weighted by molar-refractivity contribution is 0.0924. The molecule has 0 aromatic carbocycles. The third-order valence-corrected chi connectivity index (χ3v) is 3.01. The van der Waals surface area contributed by atoms with Crippen LogP contribution in [-0.4, -0.2) is 54.5 Å². The van der Waals surface area contributed by atoms with Gasteiger partial charge in [-0.15, -0.1) is 0 Å². The van der Waals surface area contributed by atoms with Crippen molar-refractivity contribution >= 4 is 6.03 Å². The molecule has 2 aliphatic heterocycles. The highest BCUT2D eigenvalue weighted by atomic mass is 16.5. The first-order chi connectivity index (χ1) is 7.25. The molecule has 0 bridgehead atoms. The number of carbonyl (C=O) groups excluding carboxylic acids is 1. The van der Waals surface area contributed by atoms with Gasteiger partial charge >= 0.3 is 6.03 Å². The minimum Gasteiger partial charge on any atom is -0.393 e. The predicted octanol–water partition coefficient (Wildman–Crippen LogP) is -0.0584. The highest BCUT2D eigenvalue weighted by Gasteiger charge is 2.24.